The number of nitrogens with one attached hydrogen (secondary N) is 1. The van der Waals surface area contributed by atoms with Crippen LogP contribution in [0.5, 0.6) is 0 Å². The van der Waals surface area contributed by atoms with Gasteiger partial charge >= 0.3 is 0 Å². The molecule has 1 aliphatic carbocycles. The zero-order valence-electron chi connectivity index (χ0n) is 8.62. The SMILES string of the molecule is CSCCC(C)N[C@@H]1CCC[C@H]1O. The summed E-state index contributed by atoms with van der Waals surface area (Å²) in [5.74, 6) is 1.21. The van der Waals surface area contributed by atoms with E-state index in [9.17, 15) is 5.11 Å². The molecule has 0 spiro atoms. The second-order valence-electron chi connectivity index (χ2n) is 3.95. The normalized spacial score (nSPS) is 30.7. The first-order chi connectivity index (χ1) is 6.24. The standard InChI is InChI=1S/C10H21NOS/c1-8(6-7-13-2)11-9-4-3-5-10(9)12/h8-12H,3-7H2,1-2H3/t8?,9-,10-/m1/s1. The van der Waals surface area contributed by atoms with Crippen LogP contribution >= 0.6 is 11.8 Å². The summed E-state index contributed by atoms with van der Waals surface area (Å²) in [4.78, 5) is 0. The van der Waals surface area contributed by atoms with Gasteiger partial charge in [0.2, 0.25) is 0 Å². The molecule has 1 aliphatic rings. The number of aliphatic hydroxyl groups is 1. The van der Waals surface area contributed by atoms with Crippen LogP contribution in [0.2, 0.25) is 0 Å². The van der Waals surface area contributed by atoms with Gasteiger partial charge in [-0.05, 0) is 44.6 Å². The maximum absolute atomic E-state index is 9.60. The van der Waals surface area contributed by atoms with Crippen molar-refractivity contribution in [1.29, 1.82) is 0 Å². The smallest absolute Gasteiger partial charge is 0.0693 e. The molecule has 1 fully saturated rings. The third kappa shape index (κ3) is 3.88. The highest BCUT2D eigenvalue weighted by Crippen LogP contribution is 2.19. The Morgan fingerprint density at radius 1 is 1.54 bits per heavy atom. The van der Waals surface area contributed by atoms with Crippen LogP contribution in [0, 0.1) is 0 Å². The molecule has 2 N–H and O–H groups in total. The van der Waals surface area contributed by atoms with E-state index in [0.717, 1.165) is 12.8 Å². The van der Waals surface area contributed by atoms with Gasteiger partial charge in [-0.15, -0.1) is 0 Å². The van der Waals surface area contributed by atoms with Gasteiger partial charge in [-0.2, -0.15) is 11.8 Å². The lowest BCUT2D eigenvalue weighted by atomic mass is 10.1. The molecule has 0 heterocycles. The van der Waals surface area contributed by atoms with Crippen LogP contribution in [-0.2, 0) is 0 Å². The molecule has 0 saturated heterocycles. The zero-order chi connectivity index (χ0) is 9.68. The number of rotatable bonds is 5. The van der Waals surface area contributed by atoms with Crippen LogP contribution in [0.15, 0.2) is 0 Å². The Morgan fingerprint density at radius 2 is 2.31 bits per heavy atom. The first-order valence-corrected chi connectivity index (χ1v) is 6.56. The Morgan fingerprint density at radius 3 is 2.85 bits per heavy atom. The van der Waals surface area contributed by atoms with Gasteiger partial charge < -0.3 is 10.4 Å². The van der Waals surface area contributed by atoms with Crippen molar-refractivity contribution >= 4 is 11.8 Å². The Kier molecular flexibility index (Phi) is 5.14. The van der Waals surface area contributed by atoms with Crippen LogP contribution in [0.25, 0.3) is 0 Å². The minimum absolute atomic E-state index is 0.100. The summed E-state index contributed by atoms with van der Waals surface area (Å²) in [6.07, 6.45) is 6.53. The van der Waals surface area contributed by atoms with E-state index < -0.39 is 0 Å². The molecule has 1 rings (SSSR count). The molecule has 3 heteroatoms. The van der Waals surface area contributed by atoms with Gasteiger partial charge in [0.1, 0.15) is 0 Å². The van der Waals surface area contributed by atoms with Gasteiger partial charge in [-0.25, -0.2) is 0 Å². The van der Waals surface area contributed by atoms with E-state index in [4.69, 9.17) is 0 Å². The van der Waals surface area contributed by atoms with Crippen LogP contribution in [0.3, 0.4) is 0 Å². The van der Waals surface area contributed by atoms with Crippen molar-refractivity contribution in [2.45, 2.75) is 50.8 Å². The zero-order valence-corrected chi connectivity index (χ0v) is 9.44. The maximum Gasteiger partial charge on any atom is 0.0693 e. The first-order valence-electron chi connectivity index (χ1n) is 5.17. The molecule has 0 bridgehead atoms. The van der Waals surface area contributed by atoms with Crippen molar-refractivity contribution in [3.8, 4) is 0 Å². The summed E-state index contributed by atoms with van der Waals surface area (Å²) < 4.78 is 0. The third-order valence-electron chi connectivity index (χ3n) is 2.73. The van der Waals surface area contributed by atoms with Crippen molar-refractivity contribution < 1.29 is 5.11 Å². The van der Waals surface area contributed by atoms with Gasteiger partial charge in [-0.3, -0.25) is 0 Å². The fourth-order valence-electron chi connectivity index (χ4n) is 1.88. The Hall–Kier alpha value is 0.270. The molecular formula is C10H21NOS. The molecule has 0 aliphatic heterocycles. The van der Waals surface area contributed by atoms with Gasteiger partial charge in [0.15, 0.2) is 0 Å². The number of aliphatic hydroxyl groups excluding tert-OH is 1. The molecule has 2 nitrogen and oxygen atoms in total. The molecule has 1 saturated carbocycles. The molecule has 0 amide bonds. The summed E-state index contributed by atoms with van der Waals surface area (Å²) >= 11 is 1.89. The Balaban J connectivity index is 2.15. The maximum atomic E-state index is 9.60. The highest BCUT2D eigenvalue weighted by molar-refractivity contribution is 7.98. The van der Waals surface area contributed by atoms with Gasteiger partial charge in [-0.1, -0.05) is 0 Å². The minimum Gasteiger partial charge on any atom is -0.392 e. The second kappa shape index (κ2) is 5.89. The Bertz CT molecular complexity index is 143. The molecule has 3 atom stereocenters. The van der Waals surface area contributed by atoms with E-state index in [1.54, 1.807) is 0 Å². The van der Waals surface area contributed by atoms with E-state index in [1.807, 2.05) is 11.8 Å². The van der Waals surface area contributed by atoms with Crippen molar-refractivity contribution in [3.63, 3.8) is 0 Å². The van der Waals surface area contributed by atoms with E-state index >= 15 is 0 Å². The summed E-state index contributed by atoms with van der Waals surface area (Å²) in [7, 11) is 0. The van der Waals surface area contributed by atoms with Gasteiger partial charge in [0, 0.05) is 12.1 Å². The van der Waals surface area contributed by atoms with Gasteiger partial charge in [0.25, 0.3) is 0 Å². The van der Waals surface area contributed by atoms with E-state index in [-0.39, 0.29) is 6.10 Å². The number of hydrogen-bond donors (Lipinski definition) is 2. The van der Waals surface area contributed by atoms with Crippen LogP contribution < -0.4 is 5.32 Å². The number of hydrogen-bond acceptors (Lipinski definition) is 3. The summed E-state index contributed by atoms with van der Waals surface area (Å²) in [5, 5.41) is 13.1. The molecule has 1 unspecified atom stereocenters. The van der Waals surface area contributed by atoms with Crippen LogP contribution in [0.1, 0.15) is 32.6 Å². The lowest BCUT2D eigenvalue weighted by Gasteiger charge is -2.21. The fourth-order valence-corrected chi connectivity index (χ4v) is 2.47. The third-order valence-corrected chi connectivity index (χ3v) is 3.38. The predicted octanol–water partition coefficient (Wildman–Crippen LogP) is 1.63. The van der Waals surface area contributed by atoms with E-state index in [2.05, 4.69) is 18.5 Å². The predicted molar refractivity (Wildman–Crippen MR) is 59.2 cm³/mol. The molecule has 0 radical (unpaired) electrons. The highest BCUT2D eigenvalue weighted by Gasteiger charge is 2.25. The molecular weight excluding hydrogens is 182 g/mol. The molecule has 0 aromatic rings. The summed E-state index contributed by atoms with van der Waals surface area (Å²) in [6, 6.07) is 0.905. The summed E-state index contributed by atoms with van der Waals surface area (Å²) in [5.41, 5.74) is 0. The average molecular weight is 203 g/mol. The summed E-state index contributed by atoms with van der Waals surface area (Å²) in [6.45, 7) is 2.21. The molecule has 78 valence electrons. The minimum atomic E-state index is -0.100. The van der Waals surface area contributed by atoms with Crippen LogP contribution in [-0.4, -0.2) is 35.3 Å². The molecule has 0 aromatic heterocycles. The lowest BCUT2D eigenvalue weighted by Crippen LogP contribution is -2.41. The van der Waals surface area contributed by atoms with Crippen molar-refractivity contribution in [2.75, 3.05) is 12.0 Å². The first kappa shape index (κ1) is 11.3. The van der Waals surface area contributed by atoms with Crippen molar-refractivity contribution in [3.05, 3.63) is 0 Å². The second-order valence-corrected chi connectivity index (χ2v) is 4.94. The van der Waals surface area contributed by atoms with E-state index in [1.165, 1.54) is 18.6 Å². The largest absolute Gasteiger partial charge is 0.392 e. The van der Waals surface area contributed by atoms with E-state index in [0.29, 0.717) is 12.1 Å². The monoisotopic (exact) mass is 203 g/mol. The topological polar surface area (TPSA) is 32.3 Å². The quantitative estimate of drug-likeness (QED) is 0.712. The Labute approximate surface area is 85.5 Å². The molecule has 0 aromatic carbocycles. The van der Waals surface area contributed by atoms with Crippen molar-refractivity contribution in [1.82, 2.24) is 5.32 Å². The number of thioether (sulfide) groups is 1. The average Bonchev–Trinajstić information content (AvgIpc) is 2.48. The lowest BCUT2D eigenvalue weighted by molar-refractivity contribution is 0.143. The van der Waals surface area contributed by atoms with Crippen molar-refractivity contribution in [2.24, 2.45) is 0 Å². The molecule has 13 heavy (non-hydrogen) atoms. The van der Waals surface area contributed by atoms with Crippen LogP contribution in [0.4, 0.5) is 0 Å². The highest BCUT2D eigenvalue weighted by atomic mass is 32.2. The fraction of sp³-hybridized carbons (Fsp3) is 1.00. The van der Waals surface area contributed by atoms with Gasteiger partial charge in [0.05, 0.1) is 6.10 Å².